The molecular weight excluding hydrogens is 925 g/mol. The Hall–Kier alpha value is -7.21. The first-order valence-corrected chi connectivity index (χ1v) is 31.9. The Kier molecular flexibility index (Phi) is 8.25. The molecule has 0 radical (unpaired) electrons. The first-order valence-electron chi connectivity index (χ1n) is 24.2. The second kappa shape index (κ2) is 14.2. The maximum Gasteiger partial charge on any atom is 0.151 e. The molecule has 70 heavy (non-hydrogen) atoms. The molecule has 4 aliphatic heterocycles. The van der Waals surface area contributed by atoms with Gasteiger partial charge in [0.2, 0.25) is 0 Å². The van der Waals surface area contributed by atoms with Crippen LogP contribution in [0.4, 0.5) is 32.8 Å². The maximum atomic E-state index is 6.70. The number of thiophene rings is 2. The van der Waals surface area contributed by atoms with Crippen molar-refractivity contribution in [1.29, 1.82) is 0 Å². The van der Waals surface area contributed by atoms with E-state index in [9.17, 15) is 0 Å². The first kappa shape index (κ1) is 40.7. The van der Waals surface area contributed by atoms with E-state index in [-0.39, 0.29) is 0 Å². The van der Waals surface area contributed by atoms with E-state index in [0.717, 1.165) is 45.7 Å². The number of nitrogens with zero attached hydrogens (tertiary/aromatic N) is 2. The molecule has 0 N–H and O–H groups in total. The second-order valence-corrected chi connectivity index (χ2v) is 31.0. The molecule has 6 heterocycles. The number of para-hydroxylation sites is 8. The van der Waals surface area contributed by atoms with Crippen molar-refractivity contribution >= 4 is 92.3 Å². The standard InChI is InChI=1S/C62H46N2O2S2Si2/c1-69(2)53-33-17-5-21-39(53)61(40-22-6-18-34-54(40)69)43-37-57(63-45-25-9-13-29-49(45)65-50-30-14-10-26-46(50)63)68-60(43)62(41-23-7-19-35-55(41)70(3,4)56-36-20-8-24-42(56)62)44-38-58(67-59(44)61)64-47-27-11-15-31-51(47)66-52-32-16-12-28-48(52)64/h5-38H,1-4H3. The van der Waals surface area contributed by atoms with Crippen LogP contribution in [0, 0.1) is 0 Å². The minimum Gasteiger partial charge on any atom is -0.453 e. The van der Waals surface area contributed by atoms with Gasteiger partial charge in [-0.1, -0.05) is 172 Å². The van der Waals surface area contributed by atoms with Gasteiger partial charge in [0.1, 0.15) is 26.1 Å². The van der Waals surface area contributed by atoms with Crippen LogP contribution in [0.5, 0.6) is 23.0 Å². The lowest BCUT2D eigenvalue weighted by atomic mass is 9.55. The van der Waals surface area contributed by atoms with Crippen molar-refractivity contribution in [2.24, 2.45) is 0 Å². The van der Waals surface area contributed by atoms with Crippen LogP contribution in [-0.2, 0) is 10.8 Å². The van der Waals surface area contributed by atoms with Gasteiger partial charge in [-0.05, 0) is 115 Å². The summed E-state index contributed by atoms with van der Waals surface area (Å²) in [5.74, 6) is 3.42. The SMILES string of the molecule is C[Si]1(C)c2ccccc2C2(c3ccccc31)c1cc(N3c4ccccc4Oc4ccccc43)sc1C1(c3ccccc3[Si](C)(C)c3ccccc31)c1cc(N3c4ccccc4Oc4ccccc43)sc12. The molecule has 2 spiro atoms. The predicted octanol–water partition coefficient (Wildman–Crippen LogP) is 14.3. The first-order chi connectivity index (χ1) is 34.2. The minimum atomic E-state index is -2.25. The molecule has 8 aromatic carbocycles. The largest absolute Gasteiger partial charge is 0.453 e. The average molecular weight is 971 g/mol. The van der Waals surface area contributed by atoms with Crippen LogP contribution in [0.1, 0.15) is 43.1 Å². The van der Waals surface area contributed by atoms with Crippen molar-refractivity contribution in [3.63, 3.8) is 0 Å². The Bertz CT molecular complexity index is 3380. The highest BCUT2D eigenvalue weighted by Gasteiger charge is 2.63. The van der Waals surface area contributed by atoms with E-state index in [2.05, 4.69) is 242 Å². The van der Waals surface area contributed by atoms with Crippen molar-refractivity contribution in [2.45, 2.75) is 37.0 Å². The molecule has 0 atom stereocenters. The van der Waals surface area contributed by atoms with Crippen LogP contribution in [0.2, 0.25) is 26.2 Å². The number of hydrogen-bond acceptors (Lipinski definition) is 6. The van der Waals surface area contributed by atoms with E-state index in [1.165, 1.54) is 73.9 Å². The lowest BCUT2D eigenvalue weighted by Crippen LogP contribution is -2.66. The van der Waals surface area contributed by atoms with Gasteiger partial charge in [0, 0.05) is 9.75 Å². The average Bonchev–Trinajstić information content (AvgIpc) is 4.05. The van der Waals surface area contributed by atoms with Crippen molar-refractivity contribution in [1.82, 2.24) is 0 Å². The van der Waals surface area contributed by atoms with E-state index < -0.39 is 27.0 Å². The van der Waals surface area contributed by atoms with Crippen molar-refractivity contribution in [3.8, 4) is 23.0 Å². The summed E-state index contributed by atoms with van der Waals surface area (Å²) >= 11 is 3.94. The summed E-state index contributed by atoms with van der Waals surface area (Å²) in [5, 5.41) is 8.32. The molecule has 4 nitrogen and oxygen atoms in total. The molecule has 15 rings (SSSR count). The molecule has 0 fully saturated rings. The van der Waals surface area contributed by atoms with Gasteiger partial charge < -0.3 is 9.47 Å². The molecular formula is C62H46N2O2S2Si2. The highest BCUT2D eigenvalue weighted by molar-refractivity contribution is 7.18. The Morgan fingerprint density at radius 2 is 0.586 bits per heavy atom. The normalized spacial score (nSPS) is 16.9. The monoisotopic (exact) mass is 970 g/mol. The van der Waals surface area contributed by atoms with Crippen molar-refractivity contribution in [3.05, 3.63) is 249 Å². The molecule has 10 aromatic rings. The highest BCUT2D eigenvalue weighted by atomic mass is 32.1. The predicted molar refractivity (Wildman–Crippen MR) is 295 cm³/mol. The van der Waals surface area contributed by atoms with Crippen LogP contribution in [0.15, 0.2) is 206 Å². The number of benzene rings is 8. The summed E-state index contributed by atoms with van der Waals surface area (Å²) in [5.41, 5.74) is 11.1. The van der Waals surface area contributed by atoms with Crippen LogP contribution in [0.3, 0.4) is 0 Å². The molecule has 0 unspecified atom stereocenters. The van der Waals surface area contributed by atoms with E-state index in [0.29, 0.717) is 0 Å². The fraction of sp³-hybridized carbons (Fsp3) is 0.0968. The second-order valence-electron chi connectivity index (χ2n) is 20.3. The maximum absolute atomic E-state index is 6.70. The fourth-order valence-corrected chi connectivity index (χ4v) is 22.7. The van der Waals surface area contributed by atoms with E-state index in [4.69, 9.17) is 9.47 Å². The van der Waals surface area contributed by atoms with E-state index in [1.54, 1.807) is 0 Å². The van der Waals surface area contributed by atoms with Gasteiger partial charge >= 0.3 is 0 Å². The Morgan fingerprint density at radius 1 is 0.329 bits per heavy atom. The van der Waals surface area contributed by atoms with Gasteiger partial charge in [0.25, 0.3) is 0 Å². The third-order valence-corrected chi connectivity index (χ3v) is 25.9. The third kappa shape index (κ3) is 4.99. The molecule has 0 bridgehead atoms. The summed E-state index contributed by atoms with van der Waals surface area (Å²) in [4.78, 5) is 7.72. The zero-order valence-corrected chi connectivity index (χ0v) is 42.8. The lowest BCUT2D eigenvalue weighted by molar-refractivity contribution is 0.477. The number of fused-ring (bicyclic) bond motifs is 18. The van der Waals surface area contributed by atoms with Gasteiger partial charge in [-0.2, -0.15) is 0 Å². The zero-order valence-electron chi connectivity index (χ0n) is 39.2. The van der Waals surface area contributed by atoms with Gasteiger partial charge in [-0.3, -0.25) is 9.80 Å². The molecule has 336 valence electrons. The topological polar surface area (TPSA) is 24.9 Å². The van der Waals surface area contributed by atoms with Crippen LogP contribution >= 0.6 is 22.7 Å². The van der Waals surface area contributed by atoms with Gasteiger partial charge in [0.05, 0.1) is 33.6 Å². The smallest absolute Gasteiger partial charge is 0.151 e. The van der Waals surface area contributed by atoms with Crippen LogP contribution in [0.25, 0.3) is 0 Å². The van der Waals surface area contributed by atoms with E-state index in [1.807, 2.05) is 22.7 Å². The molecule has 0 saturated carbocycles. The summed E-state index contributed by atoms with van der Waals surface area (Å²) in [6.45, 7) is 10.2. The molecule has 8 heteroatoms. The zero-order chi connectivity index (χ0) is 46.7. The van der Waals surface area contributed by atoms with E-state index >= 15 is 0 Å². The van der Waals surface area contributed by atoms with Gasteiger partial charge in [-0.25, -0.2) is 0 Å². The van der Waals surface area contributed by atoms with Crippen LogP contribution in [-0.4, -0.2) is 16.1 Å². The summed E-state index contributed by atoms with van der Waals surface area (Å²) in [7, 11) is -4.50. The summed E-state index contributed by atoms with van der Waals surface area (Å²) in [6, 6.07) is 77.5. The highest BCUT2D eigenvalue weighted by Crippen LogP contribution is 2.68. The molecule has 5 aliphatic rings. The quantitative estimate of drug-likeness (QED) is 0.161. The van der Waals surface area contributed by atoms with Crippen LogP contribution < -0.4 is 40.0 Å². The number of ether oxygens (including phenoxy) is 2. The van der Waals surface area contributed by atoms with Crippen molar-refractivity contribution < 1.29 is 9.47 Å². The van der Waals surface area contributed by atoms with Gasteiger partial charge in [0.15, 0.2) is 23.0 Å². The number of anilines is 6. The number of rotatable bonds is 2. The number of hydrogen-bond donors (Lipinski definition) is 0. The Labute approximate surface area is 418 Å². The Morgan fingerprint density at radius 3 is 0.886 bits per heavy atom. The lowest BCUT2D eigenvalue weighted by Gasteiger charge is -2.54. The van der Waals surface area contributed by atoms with Crippen molar-refractivity contribution in [2.75, 3.05) is 9.80 Å². The summed E-state index contributed by atoms with van der Waals surface area (Å²) < 4.78 is 13.4. The molecule has 1 aliphatic carbocycles. The van der Waals surface area contributed by atoms with Gasteiger partial charge in [-0.15, -0.1) is 22.7 Å². The Balaban J connectivity index is 1.15. The third-order valence-electron chi connectivity index (χ3n) is 16.3. The summed E-state index contributed by atoms with van der Waals surface area (Å²) in [6.07, 6.45) is 0. The minimum absolute atomic E-state index is 0.672. The molecule has 0 amide bonds. The molecule has 2 aromatic heterocycles. The molecule has 0 saturated heterocycles. The fourth-order valence-electron chi connectivity index (χ4n) is 13.3.